The zero-order valence-corrected chi connectivity index (χ0v) is 10.0. The van der Waals surface area contributed by atoms with Gasteiger partial charge in [0, 0.05) is 12.5 Å². The van der Waals surface area contributed by atoms with Gasteiger partial charge in [-0.3, -0.25) is 0 Å². The number of rotatable bonds is 2. The van der Waals surface area contributed by atoms with Gasteiger partial charge in [0.25, 0.3) is 0 Å². The number of nitrogens with two attached hydrogens (primary N) is 1. The Balaban J connectivity index is 2.21. The van der Waals surface area contributed by atoms with E-state index in [1.165, 1.54) is 11.3 Å². The third-order valence-electron chi connectivity index (χ3n) is 3.16. The summed E-state index contributed by atoms with van der Waals surface area (Å²) in [6, 6.07) is 0. The van der Waals surface area contributed by atoms with E-state index in [2.05, 4.69) is 10.2 Å². The topological polar surface area (TPSA) is 51.8 Å². The van der Waals surface area contributed by atoms with Crippen molar-refractivity contribution in [3.8, 4) is 0 Å². The SMILES string of the molecule is NCc1nnc(C2CCCCC2C(F)(F)F)s1. The van der Waals surface area contributed by atoms with Crippen LogP contribution in [-0.2, 0) is 6.54 Å². The molecule has 2 unspecified atom stereocenters. The minimum Gasteiger partial charge on any atom is -0.324 e. The largest absolute Gasteiger partial charge is 0.392 e. The van der Waals surface area contributed by atoms with Crippen LogP contribution < -0.4 is 5.73 Å². The monoisotopic (exact) mass is 265 g/mol. The highest BCUT2D eigenvalue weighted by atomic mass is 32.1. The van der Waals surface area contributed by atoms with Crippen LogP contribution in [0.4, 0.5) is 13.2 Å². The van der Waals surface area contributed by atoms with Crippen molar-refractivity contribution >= 4 is 11.3 Å². The number of alkyl halides is 3. The number of nitrogens with zero attached hydrogens (tertiary/aromatic N) is 2. The highest BCUT2D eigenvalue weighted by Gasteiger charge is 2.47. The second-order valence-corrected chi connectivity index (χ2v) is 5.37. The third-order valence-corrected chi connectivity index (χ3v) is 4.24. The van der Waals surface area contributed by atoms with Crippen molar-refractivity contribution in [2.24, 2.45) is 11.7 Å². The summed E-state index contributed by atoms with van der Waals surface area (Å²) in [6.07, 6.45) is -1.92. The minimum absolute atomic E-state index is 0.200. The van der Waals surface area contributed by atoms with Crippen molar-refractivity contribution in [2.75, 3.05) is 0 Å². The van der Waals surface area contributed by atoms with Crippen LogP contribution in [0.25, 0.3) is 0 Å². The van der Waals surface area contributed by atoms with Crippen LogP contribution in [0.2, 0.25) is 0 Å². The molecule has 2 rings (SSSR count). The Bertz CT molecular complexity index is 377. The molecular formula is C10H14F3N3S. The second-order valence-electron chi connectivity index (χ2n) is 4.28. The predicted octanol–water partition coefficient (Wildman–Crippen LogP) is 2.83. The molecule has 1 fully saturated rings. The fraction of sp³-hybridized carbons (Fsp3) is 0.800. The molecule has 0 spiro atoms. The van der Waals surface area contributed by atoms with Gasteiger partial charge in [0.2, 0.25) is 0 Å². The molecule has 1 aromatic heterocycles. The average molecular weight is 265 g/mol. The molecule has 17 heavy (non-hydrogen) atoms. The summed E-state index contributed by atoms with van der Waals surface area (Å²) in [5, 5.41) is 8.76. The molecule has 0 amide bonds. The maximum Gasteiger partial charge on any atom is 0.392 e. The minimum atomic E-state index is -4.14. The van der Waals surface area contributed by atoms with Gasteiger partial charge in [-0.1, -0.05) is 24.2 Å². The van der Waals surface area contributed by atoms with Gasteiger partial charge in [-0.05, 0) is 12.8 Å². The Morgan fingerprint density at radius 2 is 1.94 bits per heavy atom. The van der Waals surface area contributed by atoms with E-state index in [-0.39, 0.29) is 13.0 Å². The average Bonchev–Trinajstić information content (AvgIpc) is 2.76. The summed E-state index contributed by atoms with van der Waals surface area (Å²) in [4.78, 5) is 0. The van der Waals surface area contributed by atoms with Gasteiger partial charge in [0.15, 0.2) is 0 Å². The molecule has 0 aromatic carbocycles. The van der Waals surface area contributed by atoms with Gasteiger partial charge in [-0.15, -0.1) is 10.2 Å². The molecule has 1 aliphatic rings. The van der Waals surface area contributed by atoms with E-state index >= 15 is 0 Å². The van der Waals surface area contributed by atoms with Crippen LogP contribution >= 0.6 is 11.3 Å². The van der Waals surface area contributed by atoms with Gasteiger partial charge in [-0.2, -0.15) is 13.2 Å². The molecule has 0 radical (unpaired) electrons. The summed E-state index contributed by atoms with van der Waals surface area (Å²) in [6.45, 7) is 0.237. The Hall–Kier alpha value is -0.690. The number of hydrogen-bond donors (Lipinski definition) is 1. The van der Waals surface area contributed by atoms with E-state index in [4.69, 9.17) is 5.73 Å². The quantitative estimate of drug-likeness (QED) is 0.894. The molecule has 1 aromatic rings. The molecule has 0 bridgehead atoms. The molecule has 2 N–H and O–H groups in total. The Morgan fingerprint density at radius 1 is 1.24 bits per heavy atom. The van der Waals surface area contributed by atoms with E-state index in [1.807, 2.05) is 0 Å². The van der Waals surface area contributed by atoms with Crippen molar-refractivity contribution in [1.29, 1.82) is 0 Å². The first kappa shape index (κ1) is 12.8. The Kier molecular flexibility index (Phi) is 3.67. The molecule has 1 heterocycles. The van der Waals surface area contributed by atoms with Crippen LogP contribution in [0.15, 0.2) is 0 Å². The van der Waals surface area contributed by atoms with E-state index in [9.17, 15) is 13.2 Å². The highest BCUT2D eigenvalue weighted by molar-refractivity contribution is 7.11. The van der Waals surface area contributed by atoms with Crippen LogP contribution in [-0.4, -0.2) is 16.4 Å². The zero-order valence-electron chi connectivity index (χ0n) is 9.20. The summed E-state index contributed by atoms with van der Waals surface area (Å²) in [7, 11) is 0. The van der Waals surface area contributed by atoms with Gasteiger partial charge in [-0.25, -0.2) is 0 Å². The fourth-order valence-corrected chi connectivity index (χ4v) is 3.24. The molecule has 1 saturated carbocycles. The molecule has 96 valence electrons. The number of hydrogen-bond acceptors (Lipinski definition) is 4. The van der Waals surface area contributed by atoms with Crippen LogP contribution in [0.5, 0.6) is 0 Å². The number of aromatic nitrogens is 2. The van der Waals surface area contributed by atoms with Crippen molar-refractivity contribution in [2.45, 2.75) is 44.3 Å². The van der Waals surface area contributed by atoms with Crippen molar-refractivity contribution in [3.63, 3.8) is 0 Å². The van der Waals surface area contributed by atoms with Crippen LogP contribution in [0.1, 0.15) is 41.6 Å². The smallest absolute Gasteiger partial charge is 0.324 e. The van der Waals surface area contributed by atoms with Crippen LogP contribution in [0.3, 0.4) is 0 Å². The molecule has 0 aliphatic heterocycles. The van der Waals surface area contributed by atoms with Crippen molar-refractivity contribution in [3.05, 3.63) is 10.0 Å². The first-order chi connectivity index (χ1) is 8.02. The lowest BCUT2D eigenvalue weighted by molar-refractivity contribution is -0.187. The van der Waals surface area contributed by atoms with E-state index in [0.29, 0.717) is 22.9 Å². The normalized spacial score (nSPS) is 26.1. The summed E-state index contributed by atoms with van der Waals surface area (Å²) in [5.74, 6) is -1.80. The van der Waals surface area contributed by atoms with Gasteiger partial charge in [0.05, 0.1) is 5.92 Å². The van der Waals surface area contributed by atoms with Crippen LogP contribution in [0, 0.1) is 5.92 Å². The lowest BCUT2D eigenvalue weighted by Crippen LogP contribution is -2.31. The summed E-state index contributed by atoms with van der Waals surface area (Å²) in [5.41, 5.74) is 5.40. The molecule has 7 heteroatoms. The zero-order chi connectivity index (χ0) is 12.5. The van der Waals surface area contributed by atoms with Gasteiger partial charge >= 0.3 is 6.18 Å². The molecular weight excluding hydrogens is 251 g/mol. The Morgan fingerprint density at radius 3 is 2.53 bits per heavy atom. The number of halogens is 3. The highest BCUT2D eigenvalue weighted by Crippen LogP contribution is 2.46. The predicted molar refractivity (Wildman–Crippen MR) is 58.6 cm³/mol. The first-order valence-corrected chi connectivity index (χ1v) is 6.43. The second kappa shape index (κ2) is 4.89. The fourth-order valence-electron chi connectivity index (χ4n) is 2.32. The van der Waals surface area contributed by atoms with E-state index in [0.717, 1.165) is 6.42 Å². The standard InChI is InChI=1S/C10H14F3N3S/c11-10(12,13)7-4-2-1-3-6(7)9-16-15-8(5-14)17-9/h6-7H,1-5,14H2. The van der Waals surface area contributed by atoms with E-state index in [1.54, 1.807) is 0 Å². The maximum atomic E-state index is 12.9. The molecule has 3 nitrogen and oxygen atoms in total. The first-order valence-electron chi connectivity index (χ1n) is 5.61. The van der Waals surface area contributed by atoms with Gasteiger partial charge in [0.1, 0.15) is 10.0 Å². The third kappa shape index (κ3) is 2.77. The summed E-state index contributed by atoms with van der Waals surface area (Å²) >= 11 is 1.21. The van der Waals surface area contributed by atoms with E-state index < -0.39 is 18.0 Å². The summed E-state index contributed by atoms with van der Waals surface area (Å²) < 4.78 is 38.7. The lowest BCUT2D eigenvalue weighted by Gasteiger charge is -2.31. The molecule has 1 aliphatic carbocycles. The molecule has 0 saturated heterocycles. The van der Waals surface area contributed by atoms with Crippen molar-refractivity contribution in [1.82, 2.24) is 10.2 Å². The maximum absolute atomic E-state index is 12.9. The molecule has 2 atom stereocenters. The van der Waals surface area contributed by atoms with Crippen molar-refractivity contribution < 1.29 is 13.2 Å². The Labute approximate surface area is 101 Å². The lowest BCUT2D eigenvalue weighted by atomic mass is 9.79. The van der Waals surface area contributed by atoms with Gasteiger partial charge < -0.3 is 5.73 Å².